The first kappa shape index (κ1) is 13.4. The minimum Gasteiger partial charge on any atom is -0.461 e. The van der Waals surface area contributed by atoms with Crippen molar-refractivity contribution in [2.24, 2.45) is 5.92 Å². The van der Waals surface area contributed by atoms with Crippen LogP contribution in [0.5, 0.6) is 0 Å². The van der Waals surface area contributed by atoms with Crippen molar-refractivity contribution >= 4 is 17.6 Å². The average Bonchev–Trinajstić information content (AvgIpc) is 2.88. The molecule has 1 atom stereocenters. The minimum atomic E-state index is -0.137. The Morgan fingerprint density at radius 1 is 1.44 bits per heavy atom. The van der Waals surface area contributed by atoms with Crippen molar-refractivity contribution in [3.05, 3.63) is 34.9 Å². The van der Waals surface area contributed by atoms with Gasteiger partial charge in [0.1, 0.15) is 6.61 Å². The van der Waals surface area contributed by atoms with Crippen molar-refractivity contribution in [1.29, 1.82) is 0 Å². The van der Waals surface area contributed by atoms with Crippen molar-refractivity contribution in [1.82, 2.24) is 5.32 Å². The van der Waals surface area contributed by atoms with E-state index in [1.165, 1.54) is 0 Å². The van der Waals surface area contributed by atoms with Gasteiger partial charge in [-0.15, -0.1) is 0 Å². The Hall–Kier alpha value is -1.06. The SMILES string of the molecule is O=C(CCC1CCNC1)OCc1ccccc1Cl. The van der Waals surface area contributed by atoms with E-state index in [0.717, 1.165) is 31.5 Å². The molecule has 1 aliphatic rings. The summed E-state index contributed by atoms with van der Waals surface area (Å²) < 4.78 is 5.22. The lowest BCUT2D eigenvalue weighted by Crippen LogP contribution is -2.11. The molecule has 2 rings (SSSR count). The van der Waals surface area contributed by atoms with Crippen LogP contribution in [0.2, 0.25) is 5.02 Å². The Bertz CT molecular complexity index is 403. The lowest BCUT2D eigenvalue weighted by atomic mass is 10.0. The van der Waals surface area contributed by atoms with Gasteiger partial charge in [-0.05, 0) is 37.9 Å². The third kappa shape index (κ3) is 4.00. The fraction of sp³-hybridized carbons (Fsp3) is 0.500. The van der Waals surface area contributed by atoms with Gasteiger partial charge in [0, 0.05) is 17.0 Å². The maximum absolute atomic E-state index is 11.6. The Kier molecular flexibility index (Phi) is 5.02. The van der Waals surface area contributed by atoms with Gasteiger partial charge in [0.05, 0.1) is 0 Å². The summed E-state index contributed by atoms with van der Waals surface area (Å²) in [4.78, 5) is 11.6. The second-order valence-electron chi connectivity index (χ2n) is 4.65. The zero-order chi connectivity index (χ0) is 12.8. The second-order valence-corrected chi connectivity index (χ2v) is 5.06. The molecular formula is C14H18ClNO2. The highest BCUT2D eigenvalue weighted by Crippen LogP contribution is 2.17. The summed E-state index contributed by atoms with van der Waals surface area (Å²) in [5.41, 5.74) is 0.857. The molecule has 1 aromatic rings. The number of esters is 1. The van der Waals surface area contributed by atoms with E-state index in [1.807, 2.05) is 18.2 Å². The molecule has 0 bridgehead atoms. The molecule has 98 valence electrons. The first-order valence-corrected chi connectivity index (χ1v) is 6.73. The van der Waals surface area contributed by atoms with Gasteiger partial charge >= 0.3 is 5.97 Å². The van der Waals surface area contributed by atoms with E-state index >= 15 is 0 Å². The van der Waals surface area contributed by atoms with Gasteiger partial charge in [0.15, 0.2) is 0 Å². The second kappa shape index (κ2) is 6.76. The smallest absolute Gasteiger partial charge is 0.306 e. The van der Waals surface area contributed by atoms with Crippen LogP contribution in [0.3, 0.4) is 0 Å². The molecule has 0 aliphatic carbocycles. The maximum atomic E-state index is 11.6. The van der Waals surface area contributed by atoms with E-state index in [4.69, 9.17) is 16.3 Å². The molecule has 1 N–H and O–H groups in total. The summed E-state index contributed by atoms with van der Waals surface area (Å²) in [6.07, 6.45) is 2.57. The fourth-order valence-electron chi connectivity index (χ4n) is 2.13. The number of halogens is 1. The Balaban J connectivity index is 1.69. The fourth-order valence-corrected chi connectivity index (χ4v) is 2.32. The van der Waals surface area contributed by atoms with Crippen LogP contribution in [0, 0.1) is 5.92 Å². The molecule has 4 heteroatoms. The number of ether oxygens (including phenoxy) is 1. The summed E-state index contributed by atoms with van der Waals surface area (Å²) in [7, 11) is 0. The van der Waals surface area contributed by atoms with E-state index in [-0.39, 0.29) is 12.6 Å². The Labute approximate surface area is 112 Å². The highest BCUT2D eigenvalue weighted by Gasteiger charge is 2.16. The van der Waals surface area contributed by atoms with Crippen LogP contribution < -0.4 is 5.32 Å². The molecule has 1 aromatic carbocycles. The number of nitrogens with one attached hydrogen (secondary N) is 1. The zero-order valence-corrected chi connectivity index (χ0v) is 11.1. The zero-order valence-electron chi connectivity index (χ0n) is 10.3. The third-order valence-corrected chi connectivity index (χ3v) is 3.63. The minimum absolute atomic E-state index is 0.137. The van der Waals surface area contributed by atoms with Crippen LogP contribution >= 0.6 is 11.6 Å². The van der Waals surface area contributed by atoms with E-state index in [0.29, 0.717) is 17.4 Å². The average molecular weight is 268 g/mol. The van der Waals surface area contributed by atoms with Crippen LogP contribution in [0.4, 0.5) is 0 Å². The summed E-state index contributed by atoms with van der Waals surface area (Å²) in [5.74, 6) is 0.486. The highest BCUT2D eigenvalue weighted by molar-refractivity contribution is 6.31. The van der Waals surface area contributed by atoms with E-state index < -0.39 is 0 Å². The third-order valence-electron chi connectivity index (χ3n) is 3.27. The van der Waals surface area contributed by atoms with E-state index in [2.05, 4.69) is 5.32 Å². The predicted octanol–water partition coefficient (Wildman–Crippen LogP) is 2.77. The monoisotopic (exact) mass is 267 g/mol. The standard InChI is InChI=1S/C14H18ClNO2/c15-13-4-2-1-3-12(13)10-18-14(17)6-5-11-7-8-16-9-11/h1-4,11,16H,5-10H2. The molecule has 0 spiro atoms. The lowest BCUT2D eigenvalue weighted by Gasteiger charge is -2.09. The summed E-state index contributed by atoms with van der Waals surface area (Å²) in [5, 5.41) is 3.94. The number of hydrogen-bond acceptors (Lipinski definition) is 3. The summed E-state index contributed by atoms with van der Waals surface area (Å²) in [6, 6.07) is 7.42. The number of rotatable bonds is 5. The van der Waals surface area contributed by atoms with Gasteiger partial charge in [-0.2, -0.15) is 0 Å². The largest absolute Gasteiger partial charge is 0.461 e. The molecule has 1 heterocycles. The lowest BCUT2D eigenvalue weighted by molar-refractivity contribution is -0.145. The first-order valence-electron chi connectivity index (χ1n) is 6.35. The van der Waals surface area contributed by atoms with E-state index in [1.54, 1.807) is 6.07 Å². The van der Waals surface area contributed by atoms with Gasteiger partial charge in [-0.1, -0.05) is 29.8 Å². The molecule has 0 aromatic heterocycles. The topological polar surface area (TPSA) is 38.3 Å². The van der Waals surface area contributed by atoms with Crippen molar-refractivity contribution in [2.45, 2.75) is 25.9 Å². The van der Waals surface area contributed by atoms with Gasteiger partial charge in [0.25, 0.3) is 0 Å². The van der Waals surface area contributed by atoms with Crippen molar-refractivity contribution in [3.63, 3.8) is 0 Å². The molecule has 0 radical (unpaired) electrons. The quantitative estimate of drug-likeness (QED) is 0.834. The van der Waals surface area contributed by atoms with Crippen LogP contribution in [-0.2, 0) is 16.1 Å². The van der Waals surface area contributed by atoms with Crippen LogP contribution in [0.15, 0.2) is 24.3 Å². The summed E-state index contributed by atoms with van der Waals surface area (Å²) >= 11 is 5.99. The van der Waals surface area contributed by atoms with Crippen molar-refractivity contribution in [2.75, 3.05) is 13.1 Å². The van der Waals surface area contributed by atoms with Crippen LogP contribution in [-0.4, -0.2) is 19.1 Å². The number of hydrogen-bond donors (Lipinski definition) is 1. The van der Waals surface area contributed by atoms with Gasteiger partial charge in [0.2, 0.25) is 0 Å². The molecule has 18 heavy (non-hydrogen) atoms. The predicted molar refractivity (Wildman–Crippen MR) is 71.5 cm³/mol. The van der Waals surface area contributed by atoms with Crippen molar-refractivity contribution in [3.8, 4) is 0 Å². The number of carbonyl (C=O) groups is 1. The molecule has 1 aliphatic heterocycles. The molecule has 1 saturated heterocycles. The molecule has 1 fully saturated rings. The van der Waals surface area contributed by atoms with Crippen molar-refractivity contribution < 1.29 is 9.53 Å². The molecular weight excluding hydrogens is 250 g/mol. The Morgan fingerprint density at radius 3 is 3.00 bits per heavy atom. The van der Waals surface area contributed by atoms with Gasteiger partial charge in [-0.3, -0.25) is 4.79 Å². The first-order chi connectivity index (χ1) is 8.75. The molecule has 0 amide bonds. The highest BCUT2D eigenvalue weighted by atomic mass is 35.5. The van der Waals surface area contributed by atoms with Crippen LogP contribution in [0.25, 0.3) is 0 Å². The maximum Gasteiger partial charge on any atom is 0.306 e. The number of benzene rings is 1. The summed E-state index contributed by atoms with van der Waals surface area (Å²) in [6.45, 7) is 2.36. The Morgan fingerprint density at radius 2 is 2.28 bits per heavy atom. The molecule has 3 nitrogen and oxygen atoms in total. The normalized spacial score (nSPS) is 18.8. The van der Waals surface area contributed by atoms with E-state index in [9.17, 15) is 4.79 Å². The van der Waals surface area contributed by atoms with Gasteiger partial charge < -0.3 is 10.1 Å². The molecule has 1 unspecified atom stereocenters. The number of carbonyl (C=O) groups excluding carboxylic acids is 1. The molecule has 0 saturated carbocycles. The van der Waals surface area contributed by atoms with Crippen LogP contribution in [0.1, 0.15) is 24.8 Å². The van der Waals surface area contributed by atoms with Gasteiger partial charge in [-0.25, -0.2) is 0 Å².